The highest BCUT2D eigenvalue weighted by Crippen LogP contribution is 2.43. The van der Waals surface area contributed by atoms with E-state index in [1.807, 2.05) is 84.9 Å². The third kappa shape index (κ3) is 7.49. The topological polar surface area (TPSA) is 82.0 Å². The number of furan rings is 4. The highest BCUT2D eigenvalue weighted by molar-refractivity contribution is 9.11. The molecule has 10 heteroatoms. The Labute approximate surface area is 371 Å². The first kappa shape index (κ1) is 41.0. The molecule has 0 saturated heterocycles. The molecule has 0 aliphatic carbocycles. The van der Waals surface area contributed by atoms with Crippen LogP contribution in [0.25, 0.3) is 98.9 Å². The maximum absolute atomic E-state index is 8.17. The molecule has 12 aromatic rings. The van der Waals surface area contributed by atoms with Gasteiger partial charge in [0, 0.05) is 56.5 Å². The molecule has 0 aliphatic rings. The highest BCUT2D eigenvalue weighted by atomic mass is 79.9. The Morgan fingerprint density at radius 3 is 1.08 bits per heavy atom. The van der Waals surface area contributed by atoms with E-state index in [9.17, 15) is 0 Å². The lowest BCUT2D eigenvalue weighted by molar-refractivity contribution is 0.454. The van der Waals surface area contributed by atoms with Crippen molar-refractivity contribution < 1.29 is 27.3 Å². The predicted molar refractivity (Wildman–Crippen MR) is 259 cm³/mol. The van der Waals surface area contributed by atoms with Gasteiger partial charge in [-0.05, 0) is 114 Å². The van der Waals surface area contributed by atoms with Gasteiger partial charge in [-0.15, -0.1) is 0 Å². The predicted octanol–water partition coefficient (Wildman–Crippen LogP) is 16.8. The van der Waals surface area contributed by atoms with Crippen LogP contribution in [0.1, 0.15) is 14.9 Å². The van der Waals surface area contributed by atoms with E-state index in [1.165, 1.54) is 11.1 Å². The van der Waals surface area contributed by atoms with E-state index in [4.69, 9.17) is 22.7 Å². The lowest BCUT2D eigenvalue weighted by Crippen LogP contribution is -1.98. The molecule has 0 spiro atoms. The normalized spacial score (nSPS) is 11.1. The molecule has 0 amide bonds. The highest BCUT2D eigenvalue weighted by Gasteiger charge is 2.18. The van der Waals surface area contributed by atoms with Crippen LogP contribution in [0.2, 0.25) is 0 Å². The summed E-state index contributed by atoms with van der Waals surface area (Å²) in [6.07, 6.45) is 0. The van der Waals surface area contributed by atoms with Gasteiger partial charge < -0.3 is 27.3 Å². The molecule has 6 nitrogen and oxygen atoms in total. The minimum Gasteiger partial charge on any atom is -0.537 e. The summed E-state index contributed by atoms with van der Waals surface area (Å²) in [5, 5.41) is 17.0. The van der Waals surface area contributed by atoms with E-state index in [0.717, 1.165) is 101 Å². The number of hydrogen-bond acceptors (Lipinski definition) is 6. The summed E-state index contributed by atoms with van der Waals surface area (Å²) in [7, 11) is 0.662. The van der Waals surface area contributed by atoms with E-state index in [-0.39, 0.29) is 14.9 Å². The Bertz CT molecular complexity index is 3370. The van der Waals surface area contributed by atoms with Crippen molar-refractivity contribution in [3.8, 4) is 16.9 Å². The van der Waals surface area contributed by atoms with Crippen LogP contribution in [-0.4, -0.2) is 12.7 Å². The Morgan fingerprint density at radius 2 is 0.700 bits per heavy atom. The van der Waals surface area contributed by atoms with Gasteiger partial charge in [0.1, 0.15) is 44.7 Å². The van der Waals surface area contributed by atoms with Crippen molar-refractivity contribution >= 4 is 143 Å². The Balaban J connectivity index is 0.000000136. The average molecular weight is 982 g/mol. The van der Waals surface area contributed by atoms with Crippen LogP contribution in [0.4, 0.5) is 0 Å². The Kier molecular flexibility index (Phi) is 11.7. The molecular weight excluding hydrogens is 947 g/mol. The summed E-state index contributed by atoms with van der Waals surface area (Å²) >= 11 is 10.7. The molecule has 60 heavy (non-hydrogen) atoms. The zero-order chi connectivity index (χ0) is 39.3. The molecule has 1 radical (unpaired) electrons. The summed E-state index contributed by atoms with van der Waals surface area (Å²) in [6.45, 7) is 0. The van der Waals surface area contributed by atoms with Gasteiger partial charge >= 0.3 is 7.69 Å². The zero-order valence-corrected chi connectivity index (χ0v) is 35.0. The third-order valence-corrected chi connectivity index (χ3v) is 11.5. The summed E-state index contributed by atoms with van der Waals surface area (Å²) in [5.41, 5.74) is 9.43. The van der Waals surface area contributed by atoms with Crippen molar-refractivity contribution in [1.82, 2.24) is 0 Å². The van der Waals surface area contributed by atoms with Crippen LogP contribution < -0.4 is 4.65 Å². The number of fused-ring (bicyclic) bond motifs is 14. The second-order valence-corrected chi connectivity index (χ2v) is 16.3. The second-order valence-electron chi connectivity index (χ2n) is 13.6. The van der Waals surface area contributed by atoms with Crippen LogP contribution in [0.5, 0.6) is 5.75 Å². The summed E-state index contributed by atoms with van der Waals surface area (Å²) in [5.74, 6) is 0.639. The lowest BCUT2D eigenvalue weighted by Gasteiger charge is -2.01. The summed E-state index contributed by atoms with van der Waals surface area (Å²) in [6, 6.07) is 52.1. The van der Waals surface area contributed by atoms with Crippen molar-refractivity contribution in [3.05, 3.63) is 171 Å². The van der Waals surface area contributed by atoms with E-state index in [0.29, 0.717) is 13.4 Å². The number of halogens is 3. The fraction of sp³-hybridized carbons (Fsp3) is 0.0400. The minimum atomic E-state index is 0. The van der Waals surface area contributed by atoms with Crippen molar-refractivity contribution in [2.45, 2.75) is 14.9 Å². The van der Waals surface area contributed by atoms with E-state index < -0.39 is 0 Å². The van der Waals surface area contributed by atoms with Gasteiger partial charge in [0.15, 0.2) is 0 Å². The largest absolute Gasteiger partial charge is 0.569 e. The van der Waals surface area contributed by atoms with Gasteiger partial charge in [0.25, 0.3) is 0 Å². The molecular formula is C50H35BBr3O6. The van der Waals surface area contributed by atoms with E-state index >= 15 is 0 Å². The van der Waals surface area contributed by atoms with Crippen LogP contribution in [0, 0.1) is 0 Å². The first-order chi connectivity index (χ1) is 28.4. The molecule has 12 rings (SSSR count). The maximum atomic E-state index is 8.17. The molecule has 1 N–H and O–H groups in total. The van der Waals surface area contributed by atoms with Gasteiger partial charge in [-0.1, -0.05) is 117 Å². The van der Waals surface area contributed by atoms with Crippen LogP contribution in [0.15, 0.2) is 189 Å². The average Bonchev–Trinajstić information content (AvgIpc) is 4.01. The fourth-order valence-corrected chi connectivity index (χ4v) is 8.64. The van der Waals surface area contributed by atoms with E-state index in [1.54, 1.807) is 12.1 Å². The maximum Gasteiger partial charge on any atom is 0.569 e. The third-order valence-electron chi connectivity index (χ3n) is 10.1. The van der Waals surface area contributed by atoms with Gasteiger partial charge in [-0.3, -0.25) is 0 Å². The molecule has 0 aliphatic heterocycles. The molecule has 0 fully saturated rings. The van der Waals surface area contributed by atoms with Gasteiger partial charge in [-0.25, -0.2) is 0 Å². The molecule has 4 aromatic heterocycles. The van der Waals surface area contributed by atoms with Crippen molar-refractivity contribution in [1.29, 1.82) is 0 Å². The van der Waals surface area contributed by atoms with Crippen molar-refractivity contribution in [2.24, 2.45) is 0 Å². The van der Waals surface area contributed by atoms with Crippen LogP contribution in [0.3, 0.4) is 0 Å². The molecule has 0 atom stereocenters. The molecule has 4 heterocycles. The van der Waals surface area contributed by atoms with Crippen molar-refractivity contribution in [2.75, 3.05) is 0 Å². The SMILES string of the molecule is Brc1ccc2oc3ccc4oc5ccc(-c6ccccc6)cc5c4c3c2c1.Brc1ccc2oc3ccc4oc5ccc(Br)cc5c4c3c2c1.C.C.O[B]Oc1ccccc1. The molecule has 295 valence electrons. The first-order valence-electron chi connectivity index (χ1n) is 18.2. The van der Waals surface area contributed by atoms with Gasteiger partial charge in [0.05, 0.1) is 5.75 Å². The Hall–Kier alpha value is -5.78. The number of rotatable bonds is 3. The zero-order valence-electron chi connectivity index (χ0n) is 30.2. The van der Waals surface area contributed by atoms with E-state index in [2.05, 4.69) is 113 Å². The number of benzene rings is 8. The lowest BCUT2D eigenvalue weighted by atomic mass is 10.0. The van der Waals surface area contributed by atoms with Crippen LogP contribution in [-0.2, 0) is 0 Å². The summed E-state index contributed by atoms with van der Waals surface area (Å²) < 4.78 is 32.0. The minimum absolute atomic E-state index is 0. The second kappa shape index (κ2) is 17.1. The molecule has 0 bridgehead atoms. The number of para-hydroxylation sites is 1. The van der Waals surface area contributed by atoms with Gasteiger partial charge in [0.2, 0.25) is 0 Å². The molecule has 0 saturated carbocycles. The monoisotopic (exact) mass is 979 g/mol. The van der Waals surface area contributed by atoms with Crippen LogP contribution >= 0.6 is 47.8 Å². The fourth-order valence-electron chi connectivity index (χ4n) is 7.56. The molecule has 8 aromatic carbocycles. The summed E-state index contributed by atoms with van der Waals surface area (Å²) in [4.78, 5) is 0. The smallest absolute Gasteiger partial charge is 0.537 e. The standard InChI is InChI=1S/C24H13BrO2.C18H8Br2O2.C6H6BO2.2CH4/c25-16-7-9-20-18(13-16)24-22(27-20)11-10-21-23(24)17-12-15(6-8-19(17)26-21)14-4-2-1-3-5-14;19-9-1-3-13-11(7-9)17-15(21-13)5-6-16-18(17)12-8-10(20)2-4-14(12)22-16;8-7-9-6-4-2-1-3-5-6;;/h1-13H;1-8H;1-5,8H;2*1H4. The molecule has 0 unspecified atom stereocenters. The number of hydrogen-bond donors (Lipinski definition) is 1. The Morgan fingerprint density at radius 1 is 0.367 bits per heavy atom. The first-order valence-corrected chi connectivity index (χ1v) is 20.6. The van der Waals surface area contributed by atoms with Gasteiger partial charge in [-0.2, -0.15) is 0 Å². The van der Waals surface area contributed by atoms with Crippen molar-refractivity contribution in [3.63, 3.8) is 0 Å². The quantitative estimate of drug-likeness (QED) is 0.178.